The number of nitrogens with two attached hydrogens (primary N) is 1. The van der Waals surface area contributed by atoms with Gasteiger partial charge in [0.15, 0.2) is 0 Å². The van der Waals surface area contributed by atoms with E-state index in [0.29, 0.717) is 35.6 Å². The van der Waals surface area contributed by atoms with Crippen LogP contribution >= 0.6 is 0 Å². The smallest absolute Gasteiger partial charge is 0.319 e. The summed E-state index contributed by atoms with van der Waals surface area (Å²) in [6.07, 6.45) is 9.29. The highest BCUT2D eigenvalue weighted by atomic mass is 16.2. The zero-order chi connectivity index (χ0) is 24.4. The topological polar surface area (TPSA) is 102 Å². The normalized spacial score (nSPS) is 31.1. The third-order valence-electron chi connectivity index (χ3n) is 9.18. The second-order valence-electron chi connectivity index (χ2n) is 11.4. The van der Waals surface area contributed by atoms with E-state index in [2.05, 4.69) is 38.4 Å². The Labute approximate surface area is 210 Å². The number of carbonyl (C=O) groups excluding carboxylic acids is 2. The van der Waals surface area contributed by atoms with E-state index in [1.165, 1.54) is 11.1 Å². The summed E-state index contributed by atoms with van der Waals surface area (Å²) < 4.78 is 2.17. The summed E-state index contributed by atoms with van der Waals surface area (Å²) in [6.45, 7) is 0. The third-order valence-corrected chi connectivity index (χ3v) is 9.18. The molecule has 3 unspecified atom stereocenters. The molecule has 3 aromatic rings. The monoisotopic (exact) mass is 481 g/mol. The van der Waals surface area contributed by atoms with Gasteiger partial charge < -0.3 is 20.9 Å². The molecule has 4 bridgehead atoms. The fourth-order valence-electron chi connectivity index (χ4n) is 8.14. The van der Waals surface area contributed by atoms with E-state index in [9.17, 15) is 9.59 Å². The Morgan fingerprint density at radius 1 is 1.03 bits per heavy atom. The largest absolute Gasteiger partial charge is 0.399 e. The summed E-state index contributed by atoms with van der Waals surface area (Å²) in [5, 5.41) is 6.30. The molecule has 5 aliphatic rings. The van der Waals surface area contributed by atoms with Crippen LogP contribution in [0.15, 0.2) is 61.1 Å². The van der Waals surface area contributed by atoms with E-state index >= 15 is 0 Å². The van der Waals surface area contributed by atoms with E-state index < -0.39 is 0 Å². The van der Waals surface area contributed by atoms with Crippen molar-refractivity contribution in [1.82, 2.24) is 14.9 Å². The zero-order valence-electron chi connectivity index (χ0n) is 20.2. The number of imidazole rings is 1. The number of nitrogens with one attached hydrogen (secondary N) is 2. The summed E-state index contributed by atoms with van der Waals surface area (Å²) >= 11 is 0. The number of ketones is 1. The Hall–Kier alpha value is -3.61. The van der Waals surface area contributed by atoms with Crippen LogP contribution in [0.2, 0.25) is 0 Å². The Morgan fingerprint density at radius 2 is 1.78 bits per heavy atom. The van der Waals surface area contributed by atoms with Crippen molar-refractivity contribution < 1.29 is 9.59 Å². The molecule has 3 atom stereocenters. The summed E-state index contributed by atoms with van der Waals surface area (Å²) in [5.41, 5.74) is 10.5. The first-order valence-corrected chi connectivity index (χ1v) is 13.1. The number of Topliss-reactive ketones (excluding diaryl/α,β-unsaturated/α-hetero) is 1. The highest BCUT2D eigenvalue weighted by molar-refractivity contribution is 5.90. The molecule has 2 amide bonds. The highest BCUT2D eigenvalue weighted by Gasteiger charge is 2.57. The SMILES string of the molecule is Nc1ccc(NC(=O)NC23CC4CC(C2)C(C(=O)CC2c5ccccc5-c5cncn52)C(C4)C3)cc1. The van der Waals surface area contributed by atoms with Gasteiger partial charge in [-0.05, 0) is 79.7 Å². The van der Waals surface area contributed by atoms with Gasteiger partial charge in [0, 0.05) is 34.8 Å². The van der Waals surface area contributed by atoms with Gasteiger partial charge >= 0.3 is 6.03 Å². The number of aromatic nitrogens is 2. The Bertz CT molecular complexity index is 1330. The predicted molar refractivity (Wildman–Crippen MR) is 138 cm³/mol. The fourth-order valence-corrected chi connectivity index (χ4v) is 8.14. The van der Waals surface area contributed by atoms with Gasteiger partial charge in [-0.25, -0.2) is 9.78 Å². The van der Waals surface area contributed by atoms with Gasteiger partial charge in [0.05, 0.1) is 24.3 Å². The molecule has 0 saturated heterocycles. The van der Waals surface area contributed by atoms with Crippen LogP contribution in [0.3, 0.4) is 0 Å². The van der Waals surface area contributed by atoms with Crippen molar-refractivity contribution in [2.75, 3.05) is 11.1 Å². The lowest BCUT2D eigenvalue weighted by Gasteiger charge is -2.59. The Morgan fingerprint density at radius 3 is 2.56 bits per heavy atom. The minimum atomic E-state index is -0.206. The van der Waals surface area contributed by atoms with Gasteiger partial charge in [-0.2, -0.15) is 0 Å². The number of benzene rings is 2. The van der Waals surface area contributed by atoms with Crippen LogP contribution < -0.4 is 16.4 Å². The molecule has 1 aromatic heterocycles. The molecule has 7 heteroatoms. The maximum atomic E-state index is 13.9. The minimum absolute atomic E-state index is 0.0289. The highest BCUT2D eigenvalue weighted by Crippen LogP contribution is 2.59. The molecule has 0 spiro atoms. The molecule has 4 aliphatic carbocycles. The van der Waals surface area contributed by atoms with Crippen molar-refractivity contribution in [2.45, 2.75) is 50.1 Å². The molecule has 4 N–H and O–H groups in total. The Balaban J connectivity index is 1.07. The number of carbonyl (C=O) groups is 2. The first-order chi connectivity index (χ1) is 17.5. The minimum Gasteiger partial charge on any atom is -0.399 e. The van der Waals surface area contributed by atoms with Crippen LogP contribution in [-0.2, 0) is 4.79 Å². The zero-order valence-corrected chi connectivity index (χ0v) is 20.2. The van der Waals surface area contributed by atoms with Crippen molar-refractivity contribution in [1.29, 1.82) is 0 Å². The number of nitrogens with zero attached hydrogens (tertiary/aromatic N) is 2. The quantitative estimate of drug-likeness (QED) is 0.446. The third kappa shape index (κ3) is 3.44. The summed E-state index contributed by atoms with van der Waals surface area (Å²) in [7, 11) is 0. The maximum absolute atomic E-state index is 13.9. The molecule has 8 rings (SSSR count). The van der Waals surface area contributed by atoms with E-state index in [4.69, 9.17) is 5.73 Å². The first kappa shape index (κ1) is 21.7. The second-order valence-corrected chi connectivity index (χ2v) is 11.4. The molecule has 2 aromatic carbocycles. The number of nitrogen functional groups attached to an aromatic ring is 1. The number of urea groups is 1. The van der Waals surface area contributed by atoms with Gasteiger partial charge in [-0.3, -0.25) is 4.79 Å². The molecule has 7 nitrogen and oxygen atoms in total. The maximum Gasteiger partial charge on any atom is 0.319 e. The number of anilines is 2. The standard InChI is InChI=1S/C29H31N5O2/c30-20-5-7-21(8-6-20)32-28(36)33-29-12-17-9-18(13-29)27(19(10-17)14-29)26(35)11-24-22-3-1-2-4-23(22)25-15-31-16-34(24)25/h1-8,15-19,24,27H,9-14,30H2,(H2,32,33,36). The molecular formula is C29H31N5O2. The van der Waals surface area contributed by atoms with Crippen molar-refractivity contribution in [3.63, 3.8) is 0 Å². The van der Waals surface area contributed by atoms with Gasteiger partial charge in [-0.15, -0.1) is 0 Å². The van der Waals surface area contributed by atoms with E-state index in [1.807, 2.05) is 30.7 Å². The first-order valence-electron chi connectivity index (χ1n) is 13.1. The van der Waals surface area contributed by atoms with Gasteiger partial charge in [0.1, 0.15) is 5.78 Å². The molecular weight excluding hydrogens is 450 g/mol. The van der Waals surface area contributed by atoms with E-state index in [0.717, 1.165) is 43.5 Å². The van der Waals surface area contributed by atoms with Crippen LogP contribution in [0, 0.1) is 23.7 Å². The number of fused-ring (bicyclic) bond motifs is 3. The van der Waals surface area contributed by atoms with Crippen LogP contribution in [0.1, 0.15) is 50.1 Å². The van der Waals surface area contributed by atoms with Crippen LogP contribution in [0.25, 0.3) is 11.3 Å². The summed E-state index contributed by atoms with van der Waals surface area (Å²) in [4.78, 5) is 31.1. The fraction of sp³-hybridized carbons (Fsp3) is 0.414. The lowest BCUT2D eigenvalue weighted by Crippen LogP contribution is -2.63. The number of amides is 2. The van der Waals surface area contributed by atoms with E-state index in [1.54, 1.807) is 12.1 Å². The number of hydrogen-bond acceptors (Lipinski definition) is 4. The molecule has 4 saturated carbocycles. The number of hydrogen-bond donors (Lipinski definition) is 3. The molecule has 4 fully saturated rings. The van der Waals surface area contributed by atoms with Gasteiger partial charge in [0.2, 0.25) is 0 Å². The summed E-state index contributed by atoms with van der Waals surface area (Å²) in [5.74, 6) is 1.76. The lowest BCUT2D eigenvalue weighted by atomic mass is 9.48. The molecule has 184 valence electrons. The van der Waals surface area contributed by atoms with Crippen molar-refractivity contribution in [2.24, 2.45) is 23.7 Å². The van der Waals surface area contributed by atoms with Crippen molar-refractivity contribution in [3.8, 4) is 11.3 Å². The van der Waals surface area contributed by atoms with Crippen LogP contribution in [0.5, 0.6) is 0 Å². The van der Waals surface area contributed by atoms with E-state index in [-0.39, 0.29) is 23.5 Å². The van der Waals surface area contributed by atoms with Crippen LogP contribution in [-0.4, -0.2) is 26.9 Å². The molecule has 1 aliphatic heterocycles. The predicted octanol–water partition coefficient (Wildman–Crippen LogP) is 5.01. The molecule has 0 radical (unpaired) electrons. The van der Waals surface area contributed by atoms with Crippen LogP contribution in [0.4, 0.5) is 16.2 Å². The summed E-state index contributed by atoms with van der Waals surface area (Å²) in [6, 6.07) is 15.4. The number of rotatable bonds is 5. The average molecular weight is 482 g/mol. The second kappa shape index (κ2) is 7.95. The Kier molecular flexibility index (Phi) is 4.78. The van der Waals surface area contributed by atoms with Gasteiger partial charge in [0.25, 0.3) is 0 Å². The molecule has 2 heterocycles. The molecule has 36 heavy (non-hydrogen) atoms. The average Bonchev–Trinajstić information content (AvgIpc) is 3.42. The lowest BCUT2D eigenvalue weighted by molar-refractivity contribution is -0.138. The van der Waals surface area contributed by atoms with Gasteiger partial charge in [-0.1, -0.05) is 24.3 Å². The van der Waals surface area contributed by atoms with Crippen molar-refractivity contribution >= 4 is 23.2 Å². The van der Waals surface area contributed by atoms with Crippen molar-refractivity contribution in [3.05, 3.63) is 66.6 Å².